The van der Waals surface area contributed by atoms with Crippen molar-refractivity contribution in [2.45, 2.75) is 31.6 Å². The fourth-order valence-electron chi connectivity index (χ4n) is 3.96. The third-order valence-electron chi connectivity index (χ3n) is 5.78. The fourth-order valence-corrected chi connectivity index (χ4v) is 5.74. The lowest BCUT2D eigenvalue weighted by atomic mass is 9.99. The first-order valence-corrected chi connectivity index (χ1v) is 12.5. The summed E-state index contributed by atoms with van der Waals surface area (Å²) >= 11 is 0. The minimum absolute atomic E-state index is 0.00190. The van der Waals surface area contributed by atoms with Gasteiger partial charge in [0.15, 0.2) is 10.7 Å². The summed E-state index contributed by atoms with van der Waals surface area (Å²) in [5, 5.41) is 6.56. The molecular formula is C25H26FN3O4S. The summed E-state index contributed by atoms with van der Waals surface area (Å²) in [6, 6.07) is 13.4. The number of carbonyl (C=O) groups excluding carboxylic acids is 1. The molecule has 178 valence electrons. The van der Waals surface area contributed by atoms with Crippen molar-refractivity contribution in [1.29, 1.82) is 0 Å². The number of aromatic nitrogens is 1. The SMILES string of the molecule is Cc1ccc(/C=C/c2onc(C)c2S(=O)(=O)N2CCC[C@@H](C(=O)Nc3cccc(F)c3)C2)cc1. The van der Waals surface area contributed by atoms with Gasteiger partial charge in [-0.2, -0.15) is 4.31 Å². The Labute approximate surface area is 198 Å². The second-order valence-corrected chi connectivity index (χ2v) is 10.3. The van der Waals surface area contributed by atoms with E-state index in [2.05, 4.69) is 10.5 Å². The topological polar surface area (TPSA) is 92.5 Å². The van der Waals surface area contributed by atoms with Crippen molar-refractivity contribution in [2.75, 3.05) is 18.4 Å². The van der Waals surface area contributed by atoms with Crippen molar-refractivity contribution in [3.8, 4) is 0 Å². The number of sulfonamides is 1. The van der Waals surface area contributed by atoms with Gasteiger partial charge in [-0.05, 0) is 56.5 Å². The highest BCUT2D eigenvalue weighted by Crippen LogP contribution is 2.29. The monoisotopic (exact) mass is 483 g/mol. The summed E-state index contributed by atoms with van der Waals surface area (Å²) in [7, 11) is -3.95. The Hall–Kier alpha value is -3.30. The van der Waals surface area contributed by atoms with E-state index in [0.717, 1.165) is 11.1 Å². The van der Waals surface area contributed by atoms with Crippen molar-refractivity contribution < 1.29 is 22.1 Å². The van der Waals surface area contributed by atoms with Crippen LogP contribution in [-0.4, -0.2) is 36.9 Å². The highest BCUT2D eigenvalue weighted by Gasteiger charge is 2.37. The van der Waals surface area contributed by atoms with Crippen LogP contribution in [0.2, 0.25) is 0 Å². The predicted octanol–water partition coefficient (Wildman–Crippen LogP) is 4.64. The van der Waals surface area contributed by atoms with Gasteiger partial charge in [-0.15, -0.1) is 0 Å². The first-order chi connectivity index (χ1) is 16.2. The summed E-state index contributed by atoms with van der Waals surface area (Å²) in [4.78, 5) is 12.8. The first-order valence-electron chi connectivity index (χ1n) is 11.0. The molecule has 1 aromatic heterocycles. The van der Waals surface area contributed by atoms with E-state index < -0.39 is 21.8 Å². The summed E-state index contributed by atoms with van der Waals surface area (Å²) in [5.41, 5.74) is 2.62. The molecule has 0 radical (unpaired) electrons. The number of rotatable bonds is 6. The van der Waals surface area contributed by atoms with E-state index in [1.807, 2.05) is 31.2 Å². The Morgan fingerprint density at radius 1 is 1.18 bits per heavy atom. The smallest absolute Gasteiger partial charge is 0.248 e. The maximum absolute atomic E-state index is 13.5. The van der Waals surface area contributed by atoms with E-state index in [4.69, 9.17) is 4.52 Å². The third-order valence-corrected chi connectivity index (χ3v) is 7.81. The largest absolute Gasteiger partial charge is 0.355 e. The lowest BCUT2D eigenvalue weighted by Gasteiger charge is -2.31. The van der Waals surface area contributed by atoms with Gasteiger partial charge in [0.05, 0.1) is 5.92 Å². The van der Waals surface area contributed by atoms with Crippen molar-refractivity contribution in [1.82, 2.24) is 9.46 Å². The van der Waals surface area contributed by atoms with Crippen LogP contribution in [0, 0.1) is 25.6 Å². The standard InChI is InChI=1S/C25H26FN3O4S/c1-17-8-10-19(11-9-17)12-13-23-24(18(2)28-33-23)34(31,32)29-14-4-5-20(16-29)25(30)27-22-7-3-6-21(26)15-22/h3,6-13,15,20H,4-5,14,16H2,1-2H3,(H,27,30)/b13-12+/t20-/m1/s1. The highest BCUT2D eigenvalue weighted by atomic mass is 32.2. The summed E-state index contributed by atoms with van der Waals surface area (Å²) in [6.45, 7) is 3.88. The maximum atomic E-state index is 13.5. The normalized spacial score (nSPS) is 17.2. The molecule has 7 nitrogen and oxygen atoms in total. The molecule has 1 fully saturated rings. The molecule has 1 aliphatic heterocycles. The Bertz CT molecular complexity index is 1320. The van der Waals surface area contributed by atoms with Crippen LogP contribution in [0.3, 0.4) is 0 Å². The zero-order valence-corrected chi connectivity index (χ0v) is 19.8. The van der Waals surface area contributed by atoms with Crippen molar-refractivity contribution in [2.24, 2.45) is 5.92 Å². The number of hydrogen-bond acceptors (Lipinski definition) is 5. The number of carbonyl (C=O) groups is 1. The number of benzene rings is 2. The number of aryl methyl sites for hydroxylation is 2. The molecule has 0 saturated carbocycles. The van der Waals surface area contributed by atoms with E-state index in [0.29, 0.717) is 18.5 Å². The molecule has 0 spiro atoms. The Balaban J connectivity index is 1.53. The van der Waals surface area contributed by atoms with Crippen LogP contribution in [-0.2, 0) is 14.8 Å². The van der Waals surface area contributed by atoms with E-state index in [1.165, 1.54) is 22.5 Å². The van der Waals surface area contributed by atoms with Gasteiger partial charge in [-0.1, -0.05) is 47.1 Å². The second kappa shape index (κ2) is 9.90. The Morgan fingerprint density at radius 2 is 1.94 bits per heavy atom. The van der Waals surface area contributed by atoms with Crippen LogP contribution in [0.5, 0.6) is 0 Å². The van der Waals surface area contributed by atoms with Crippen molar-refractivity contribution in [3.63, 3.8) is 0 Å². The lowest BCUT2D eigenvalue weighted by molar-refractivity contribution is -0.120. The van der Waals surface area contributed by atoms with Crippen LogP contribution >= 0.6 is 0 Å². The fraction of sp³-hybridized carbons (Fsp3) is 0.280. The van der Waals surface area contributed by atoms with Gasteiger partial charge in [-0.25, -0.2) is 12.8 Å². The minimum atomic E-state index is -3.95. The minimum Gasteiger partial charge on any atom is -0.355 e. The number of amides is 1. The van der Waals surface area contributed by atoms with Gasteiger partial charge < -0.3 is 9.84 Å². The van der Waals surface area contributed by atoms with Gasteiger partial charge in [0.1, 0.15) is 11.5 Å². The molecule has 0 unspecified atom stereocenters. The first kappa shape index (κ1) is 23.8. The van der Waals surface area contributed by atoms with Crippen molar-refractivity contribution >= 4 is 33.8 Å². The average Bonchev–Trinajstić information content (AvgIpc) is 3.20. The molecule has 3 aromatic rings. The molecule has 1 aliphatic rings. The van der Waals surface area contributed by atoms with E-state index in [9.17, 15) is 17.6 Å². The van der Waals surface area contributed by atoms with E-state index in [-0.39, 0.29) is 35.3 Å². The quantitative estimate of drug-likeness (QED) is 0.551. The van der Waals surface area contributed by atoms with Gasteiger partial charge >= 0.3 is 0 Å². The summed E-state index contributed by atoms with van der Waals surface area (Å²) < 4.78 is 47.1. The number of halogens is 1. The molecule has 34 heavy (non-hydrogen) atoms. The number of nitrogens with zero attached hydrogens (tertiary/aromatic N) is 2. The molecule has 0 bridgehead atoms. The van der Waals surface area contributed by atoms with Gasteiger partial charge in [0, 0.05) is 18.8 Å². The van der Waals surface area contributed by atoms with Gasteiger partial charge in [0.25, 0.3) is 0 Å². The average molecular weight is 484 g/mol. The van der Waals surface area contributed by atoms with Crippen LogP contribution in [0.4, 0.5) is 10.1 Å². The second-order valence-electron chi connectivity index (χ2n) is 8.41. The number of nitrogens with one attached hydrogen (secondary N) is 1. The predicted molar refractivity (Wildman–Crippen MR) is 128 cm³/mol. The summed E-state index contributed by atoms with van der Waals surface area (Å²) in [6.07, 6.45) is 4.43. The van der Waals surface area contributed by atoms with Crippen LogP contribution in [0.1, 0.15) is 35.4 Å². The molecule has 1 amide bonds. The maximum Gasteiger partial charge on any atom is 0.248 e. The molecule has 2 aromatic carbocycles. The number of anilines is 1. The summed E-state index contributed by atoms with van der Waals surface area (Å²) in [5.74, 6) is -1.21. The molecule has 1 N–H and O–H groups in total. The Morgan fingerprint density at radius 3 is 2.68 bits per heavy atom. The molecule has 2 heterocycles. The zero-order valence-electron chi connectivity index (χ0n) is 19.0. The molecule has 1 saturated heterocycles. The third kappa shape index (κ3) is 5.26. The molecular weight excluding hydrogens is 457 g/mol. The molecule has 0 aliphatic carbocycles. The number of hydrogen-bond donors (Lipinski definition) is 1. The van der Waals surface area contributed by atoms with Crippen LogP contribution in [0.15, 0.2) is 57.9 Å². The number of piperidine rings is 1. The van der Waals surface area contributed by atoms with Gasteiger partial charge in [-0.3, -0.25) is 4.79 Å². The van der Waals surface area contributed by atoms with Crippen molar-refractivity contribution in [3.05, 3.63) is 76.9 Å². The molecule has 1 atom stereocenters. The zero-order chi connectivity index (χ0) is 24.3. The van der Waals surface area contributed by atoms with E-state index >= 15 is 0 Å². The molecule has 9 heteroatoms. The van der Waals surface area contributed by atoms with Crippen LogP contribution < -0.4 is 5.32 Å². The highest BCUT2D eigenvalue weighted by molar-refractivity contribution is 7.89. The molecule has 4 rings (SSSR count). The Kier molecular flexibility index (Phi) is 6.95. The van der Waals surface area contributed by atoms with Crippen LogP contribution in [0.25, 0.3) is 12.2 Å². The van der Waals surface area contributed by atoms with Gasteiger partial charge in [0.2, 0.25) is 15.9 Å². The van der Waals surface area contributed by atoms with E-state index in [1.54, 1.807) is 25.1 Å². The lowest BCUT2D eigenvalue weighted by Crippen LogP contribution is -2.43.